The summed E-state index contributed by atoms with van der Waals surface area (Å²) in [5.74, 6) is 1.30. The summed E-state index contributed by atoms with van der Waals surface area (Å²) >= 11 is 1.61. The highest BCUT2D eigenvalue weighted by atomic mass is 32.2. The fourth-order valence-corrected chi connectivity index (χ4v) is 4.28. The van der Waals surface area contributed by atoms with E-state index in [-0.39, 0.29) is 17.4 Å². The number of hydrogen-bond donors (Lipinski definition) is 0. The molecule has 0 amide bonds. The average molecular weight is 410 g/mol. The molecule has 0 bridgehead atoms. The third kappa shape index (κ3) is 4.21. The van der Waals surface area contributed by atoms with Crippen LogP contribution in [0.3, 0.4) is 0 Å². The predicted molar refractivity (Wildman–Crippen MR) is 112 cm³/mol. The van der Waals surface area contributed by atoms with Gasteiger partial charge in [0.2, 0.25) is 5.90 Å². The van der Waals surface area contributed by atoms with Gasteiger partial charge in [0.15, 0.2) is 11.9 Å². The fourth-order valence-electron chi connectivity index (χ4n) is 3.38. The van der Waals surface area contributed by atoms with Crippen molar-refractivity contribution in [3.63, 3.8) is 0 Å². The van der Waals surface area contributed by atoms with E-state index in [4.69, 9.17) is 19.0 Å². The van der Waals surface area contributed by atoms with Crippen LogP contribution in [0.4, 0.5) is 0 Å². The van der Waals surface area contributed by atoms with Crippen LogP contribution in [0.25, 0.3) is 0 Å². The first-order valence-corrected chi connectivity index (χ1v) is 10.4. The van der Waals surface area contributed by atoms with Gasteiger partial charge >= 0.3 is 0 Å². The van der Waals surface area contributed by atoms with Crippen LogP contribution >= 0.6 is 11.8 Å². The van der Waals surface area contributed by atoms with Crippen LogP contribution in [0.15, 0.2) is 69.3 Å². The molecule has 3 aromatic rings. The van der Waals surface area contributed by atoms with E-state index < -0.39 is 0 Å². The maximum Gasteiger partial charge on any atom is 0.222 e. The van der Waals surface area contributed by atoms with Crippen LogP contribution in [0.2, 0.25) is 0 Å². The van der Waals surface area contributed by atoms with Crippen molar-refractivity contribution in [2.75, 3.05) is 13.7 Å². The van der Waals surface area contributed by atoms with E-state index in [1.807, 2.05) is 55.5 Å². The number of thioether (sulfide) groups is 1. The molecule has 2 aromatic heterocycles. The number of hydrogen-bond acceptors (Lipinski definition) is 7. The van der Waals surface area contributed by atoms with Gasteiger partial charge in [0, 0.05) is 13.3 Å². The van der Waals surface area contributed by atoms with Crippen molar-refractivity contribution in [1.82, 2.24) is 10.1 Å². The van der Waals surface area contributed by atoms with Crippen LogP contribution in [-0.4, -0.2) is 35.8 Å². The first-order valence-electron chi connectivity index (χ1n) is 9.50. The molecule has 29 heavy (non-hydrogen) atoms. The molecule has 0 aliphatic carbocycles. The lowest BCUT2D eigenvalue weighted by molar-refractivity contribution is 0.120. The zero-order valence-electron chi connectivity index (χ0n) is 16.6. The van der Waals surface area contributed by atoms with Crippen molar-refractivity contribution in [1.29, 1.82) is 0 Å². The Labute approximate surface area is 174 Å². The molecule has 3 atom stereocenters. The Morgan fingerprint density at radius 1 is 1.14 bits per heavy atom. The Bertz CT molecular complexity index is 975. The molecule has 0 spiro atoms. The molecule has 0 unspecified atom stereocenters. The topological polar surface area (TPSA) is 69.7 Å². The number of aryl methyl sites for hydroxylation is 1. The normalized spacial score (nSPS) is 19.6. The number of nitrogens with zero attached hydrogens (tertiary/aromatic N) is 3. The second-order valence-electron chi connectivity index (χ2n) is 6.84. The lowest BCUT2D eigenvalue weighted by Gasteiger charge is -2.17. The molecule has 1 aromatic carbocycles. The Morgan fingerprint density at radius 3 is 2.66 bits per heavy atom. The van der Waals surface area contributed by atoms with Gasteiger partial charge in [0.25, 0.3) is 0 Å². The third-order valence-corrected chi connectivity index (χ3v) is 5.79. The van der Waals surface area contributed by atoms with Crippen molar-refractivity contribution in [3.8, 4) is 0 Å². The Kier molecular flexibility index (Phi) is 5.97. The minimum atomic E-state index is -0.202. The van der Waals surface area contributed by atoms with Crippen molar-refractivity contribution in [2.24, 2.45) is 4.99 Å². The zero-order valence-corrected chi connectivity index (χ0v) is 17.4. The van der Waals surface area contributed by atoms with E-state index in [1.54, 1.807) is 25.1 Å². The van der Waals surface area contributed by atoms with Gasteiger partial charge in [-0.15, -0.1) is 0 Å². The second-order valence-corrected chi connectivity index (χ2v) is 8.20. The highest BCUT2D eigenvalue weighted by Crippen LogP contribution is 2.39. The molecule has 0 N–H and O–H groups in total. The standard InChI is InChI=1S/C22H23N3O3S/c1-14-19(20(28-25-14)15(2)29-18-11-7-8-12-23-18)22-24-17(13-26-3)21(27-22)16-9-5-4-6-10-16/h4-12,15,17,21H,13H2,1-3H3/t15-,17-,21-/m0/s1. The minimum Gasteiger partial charge on any atom is -0.467 e. The molecule has 0 saturated carbocycles. The maximum absolute atomic E-state index is 6.32. The quantitative estimate of drug-likeness (QED) is 0.524. The number of aromatic nitrogens is 2. The van der Waals surface area contributed by atoms with Gasteiger partial charge in [0.05, 0.1) is 22.6 Å². The summed E-state index contributed by atoms with van der Waals surface area (Å²) in [6.45, 7) is 4.45. The van der Waals surface area contributed by atoms with Crippen LogP contribution in [0, 0.1) is 6.92 Å². The lowest BCUT2D eigenvalue weighted by atomic mass is 10.0. The Morgan fingerprint density at radius 2 is 1.93 bits per heavy atom. The molecule has 1 aliphatic heterocycles. The average Bonchev–Trinajstić information content (AvgIpc) is 3.33. The van der Waals surface area contributed by atoms with Gasteiger partial charge in [-0.25, -0.2) is 9.98 Å². The van der Waals surface area contributed by atoms with Gasteiger partial charge in [-0.1, -0.05) is 53.3 Å². The smallest absolute Gasteiger partial charge is 0.222 e. The van der Waals surface area contributed by atoms with Crippen LogP contribution in [0.5, 0.6) is 0 Å². The SMILES string of the molecule is COC[C@@H]1N=C(c2c(C)noc2[C@H](C)Sc2ccccn2)O[C@H]1c1ccccc1. The molecule has 6 nitrogen and oxygen atoms in total. The monoisotopic (exact) mass is 409 g/mol. The molecule has 3 heterocycles. The summed E-state index contributed by atoms with van der Waals surface area (Å²) in [7, 11) is 1.68. The Balaban J connectivity index is 1.63. The van der Waals surface area contributed by atoms with Gasteiger partial charge in [-0.2, -0.15) is 0 Å². The van der Waals surface area contributed by atoms with E-state index >= 15 is 0 Å². The third-order valence-electron chi connectivity index (χ3n) is 4.74. The summed E-state index contributed by atoms with van der Waals surface area (Å²) in [6, 6.07) is 15.8. The van der Waals surface area contributed by atoms with Crippen LogP contribution in [0.1, 0.15) is 40.9 Å². The molecular weight excluding hydrogens is 386 g/mol. The van der Waals surface area contributed by atoms with Crippen molar-refractivity contribution >= 4 is 17.7 Å². The summed E-state index contributed by atoms with van der Waals surface area (Å²) in [4.78, 5) is 9.22. The highest BCUT2D eigenvalue weighted by Gasteiger charge is 2.36. The summed E-state index contributed by atoms with van der Waals surface area (Å²) in [6.07, 6.45) is 1.58. The maximum atomic E-state index is 6.32. The number of benzene rings is 1. The second kappa shape index (κ2) is 8.80. The van der Waals surface area contributed by atoms with Crippen LogP contribution in [-0.2, 0) is 9.47 Å². The summed E-state index contributed by atoms with van der Waals surface area (Å²) in [5.41, 5.74) is 2.65. The molecule has 0 saturated heterocycles. The zero-order chi connectivity index (χ0) is 20.2. The van der Waals surface area contributed by atoms with Gasteiger partial charge < -0.3 is 14.0 Å². The van der Waals surface area contributed by atoms with Crippen LogP contribution < -0.4 is 0 Å². The molecule has 0 fully saturated rings. The fraction of sp³-hybridized carbons (Fsp3) is 0.318. The van der Waals surface area contributed by atoms with Crippen molar-refractivity contribution in [3.05, 3.63) is 77.3 Å². The first kappa shape index (κ1) is 19.7. The number of pyridine rings is 1. The van der Waals surface area contributed by atoms with E-state index in [1.165, 1.54) is 0 Å². The largest absolute Gasteiger partial charge is 0.467 e. The van der Waals surface area contributed by atoms with E-state index in [2.05, 4.69) is 17.1 Å². The van der Waals surface area contributed by atoms with Gasteiger partial charge in [-0.05, 0) is 31.5 Å². The molecule has 7 heteroatoms. The predicted octanol–water partition coefficient (Wildman–Crippen LogP) is 4.76. The summed E-state index contributed by atoms with van der Waals surface area (Å²) < 4.78 is 17.4. The van der Waals surface area contributed by atoms with E-state index in [0.717, 1.165) is 27.6 Å². The number of aliphatic imine (C=N–C) groups is 1. The van der Waals surface area contributed by atoms with Crippen molar-refractivity contribution < 1.29 is 14.0 Å². The molecular formula is C22H23N3O3S. The highest BCUT2D eigenvalue weighted by molar-refractivity contribution is 7.99. The van der Waals surface area contributed by atoms with Crippen molar-refractivity contribution in [2.45, 2.75) is 36.3 Å². The van der Waals surface area contributed by atoms with Gasteiger partial charge in [0.1, 0.15) is 11.6 Å². The van der Waals surface area contributed by atoms with Gasteiger partial charge in [-0.3, -0.25) is 0 Å². The number of methoxy groups -OCH3 is 1. The van der Waals surface area contributed by atoms with E-state index in [0.29, 0.717) is 12.5 Å². The minimum absolute atomic E-state index is 0.00375. The van der Waals surface area contributed by atoms with E-state index in [9.17, 15) is 0 Å². The molecule has 150 valence electrons. The molecule has 1 aliphatic rings. The first-order chi connectivity index (χ1) is 14.2. The Hall–Kier alpha value is -2.64. The lowest BCUT2D eigenvalue weighted by Crippen LogP contribution is -2.19. The molecule has 4 rings (SSSR count). The number of rotatable bonds is 7. The summed E-state index contributed by atoms with van der Waals surface area (Å²) in [5, 5.41) is 5.12. The number of ether oxygens (including phenoxy) is 2. The molecule has 0 radical (unpaired) electrons.